The summed E-state index contributed by atoms with van der Waals surface area (Å²) in [5, 5.41) is 0.645. The Kier molecular flexibility index (Phi) is 8.38. The molecule has 0 fully saturated rings. The van der Waals surface area contributed by atoms with E-state index in [9.17, 15) is 4.79 Å². The summed E-state index contributed by atoms with van der Waals surface area (Å²) < 4.78 is 28.3. The van der Waals surface area contributed by atoms with Crippen LogP contribution in [-0.2, 0) is 0 Å². The smallest absolute Gasteiger partial charge is 0.205 e. The summed E-state index contributed by atoms with van der Waals surface area (Å²) in [6.07, 6.45) is 4.78. The molecular formula is C26H31NO6. The van der Waals surface area contributed by atoms with Crippen LogP contribution in [0.3, 0.4) is 0 Å². The van der Waals surface area contributed by atoms with Crippen LogP contribution < -0.4 is 18.9 Å². The highest BCUT2D eigenvalue weighted by Gasteiger charge is 2.28. The summed E-state index contributed by atoms with van der Waals surface area (Å²) in [5.74, 6) is 1.56. The largest absolute Gasteiger partial charge is 0.497 e. The van der Waals surface area contributed by atoms with Crippen molar-refractivity contribution < 1.29 is 28.2 Å². The quantitative estimate of drug-likeness (QED) is 0.280. The number of carbonyl (C=O) groups is 1. The lowest BCUT2D eigenvalue weighted by Crippen LogP contribution is -2.28. The Bertz CT molecular complexity index is 1100. The Balaban J connectivity index is 2.02. The highest BCUT2D eigenvalue weighted by atomic mass is 16.5. The molecule has 7 heteroatoms. The minimum Gasteiger partial charge on any atom is -0.497 e. The van der Waals surface area contributed by atoms with Gasteiger partial charge in [0.1, 0.15) is 23.7 Å². The van der Waals surface area contributed by atoms with Crippen LogP contribution in [0.5, 0.6) is 23.0 Å². The first-order valence-corrected chi connectivity index (χ1v) is 10.9. The molecule has 3 aromatic rings. The number of nitrogens with zero attached hydrogens (tertiary/aromatic N) is 1. The van der Waals surface area contributed by atoms with Crippen molar-refractivity contribution in [2.24, 2.45) is 0 Å². The fourth-order valence-electron chi connectivity index (χ4n) is 3.66. The molecule has 0 aliphatic heterocycles. The highest BCUT2D eigenvalue weighted by molar-refractivity contribution is 6.15. The molecule has 33 heavy (non-hydrogen) atoms. The average molecular weight is 454 g/mol. The lowest BCUT2D eigenvalue weighted by atomic mass is 10.0. The second kappa shape index (κ2) is 11.4. The number of furan rings is 1. The third-order valence-electron chi connectivity index (χ3n) is 5.52. The lowest BCUT2D eigenvalue weighted by molar-refractivity contribution is 0.103. The number of carbonyl (C=O) groups excluding carboxylic acids is 1. The predicted octanol–water partition coefficient (Wildman–Crippen LogP) is 5.08. The minimum atomic E-state index is -0.262. The molecule has 0 aliphatic carbocycles. The van der Waals surface area contributed by atoms with Gasteiger partial charge in [-0.05, 0) is 42.9 Å². The molecule has 0 N–H and O–H groups in total. The third-order valence-corrected chi connectivity index (χ3v) is 5.52. The van der Waals surface area contributed by atoms with Crippen molar-refractivity contribution in [3.8, 4) is 23.0 Å². The van der Waals surface area contributed by atoms with Crippen LogP contribution in [0.2, 0.25) is 0 Å². The molecule has 0 saturated heterocycles. The van der Waals surface area contributed by atoms with E-state index in [2.05, 4.69) is 18.7 Å². The van der Waals surface area contributed by atoms with Gasteiger partial charge in [0.25, 0.3) is 0 Å². The van der Waals surface area contributed by atoms with Gasteiger partial charge in [0.15, 0.2) is 17.1 Å². The Morgan fingerprint density at radius 2 is 1.64 bits per heavy atom. The van der Waals surface area contributed by atoms with Crippen LogP contribution in [0.1, 0.15) is 29.8 Å². The van der Waals surface area contributed by atoms with E-state index < -0.39 is 0 Å². The van der Waals surface area contributed by atoms with Crippen LogP contribution >= 0.6 is 0 Å². The second-order valence-electron chi connectivity index (χ2n) is 7.28. The fourth-order valence-corrected chi connectivity index (χ4v) is 3.66. The Labute approximate surface area is 194 Å². The molecule has 0 aliphatic rings. The standard InChI is InChI=1S/C26H31NO6/c1-6-27(7-2)15-17-33-25-22(21(28)13-10-18-8-11-19(29-3)12-9-18)23(30-4)20-14-16-32-24(20)26(25)31-5/h8-14,16H,6-7,15,17H2,1-5H3/b13-10+. The van der Waals surface area contributed by atoms with Gasteiger partial charge in [-0.15, -0.1) is 0 Å². The fraction of sp³-hybridized carbons (Fsp3) is 0.346. The number of methoxy groups -OCH3 is 3. The summed E-state index contributed by atoms with van der Waals surface area (Å²) >= 11 is 0. The van der Waals surface area contributed by atoms with Crippen molar-refractivity contribution in [1.82, 2.24) is 4.90 Å². The number of hydrogen-bond donors (Lipinski definition) is 0. The van der Waals surface area contributed by atoms with Gasteiger partial charge in [-0.25, -0.2) is 0 Å². The van der Waals surface area contributed by atoms with Gasteiger partial charge in [-0.1, -0.05) is 32.1 Å². The van der Waals surface area contributed by atoms with E-state index in [0.717, 1.165) is 24.4 Å². The van der Waals surface area contributed by atoms with Gasteiger partial charge in [-0.2, -0.15) is 0 Å². The SMILES string of the molecule is CCN(CC)CCOc1c(C(=O)/C=C/c2ccc(OC)cc2)c(OC)c2ccoc2c1OC. The van der Waals surface area contributed by atoms with Crippen LogP contribution in [-0.4, -0.2) is 58.3 Å². The molecule has 0 radical (unpaired) electrons. The van der Waals surface area contributed by atoms with Crippen LogP contribution in [0, 0.1) is 0 Å². The molecule has 1 heterocycles. The zero-order valence-corrected chi connectivity index (χ0v) is 19.8. The topological polar surface area (TPSA) is 70.4 Å². The Morgan fingerprint density at radius 3 is 2.24 bits per heavy atom. The van der Waals surface area contributed by atoms with E-state index in [1.165, 1.54) is 26.6 Å². The molecule has 0 unspecified atom stereocenters. The Morgan fingerprint density at radius 1 is 0.939 bits per heavy atom. The van der Waals surface area contributed by atoms with Crippen molar-refractivity contribution in [2.45, 2.75) is 13.8 Å². The van der Waals surface area contributed by atoms with Crippen molar-refractivity contribution in [2.75, 3.05) is 47.6 Å². The first-order valence-electron chi connectivity index (χ1n) is 10.9. The van der Waals surface area contributed by atoms with E-state index in [0.29, 0.717) is 46.9 Å². The summed E-state index contributed by atoms with van der Waals surface area (Å²) in [7, 11) is 4.67. The predicted molar refractivity (Wildman–Crippen MR) is 129 cm³/mol. The molecule has 0 atom stereocenters. The van der Waals surface area contributed by atoms with Gasteiger partial charge < -0.3 is 28.3 Å². The molecule has 0 saturated carbocycles. The summed E-state index contributed by atoms with van der Waals surface area (Å²) in [5.41, 5.74) is 1.64. The van der Waals surface area contributed by atoms with Crippen molar-refractivity contribution >= 4 is 22.8 Å². The van der Waals surface area contributed by atoms with Crippen LogP contribution in [0.4, 0.5) is 0 Å². The van der Waals surface area contributed by atoms with Crippen LogP contribution in [0.15, 0.2) is 47.1 Å². The molecule has 2 aromatic carbocycles. The number of ketones is 1. The van der Waals surface area contributed by atoms with Gasteiger partial charge in [0.2, 0.25) is 5.75 Å². The first-order chi connectivity index (χ1) is 16.1. The number of fused-ring (bicyclic) bond motifs is 1. The number of hydrogen-bond acceptors (Lipinski definition) is 7. The molecule has 1 aromatic heterocycles. The molecule has 176 valence electrons. The number of benzene rings is 2. The number of likely N-dealkylation sites (N-methyl/N-ethyl adjacent to an activating group) is 1. The summed E-state index contributed by atoms with van der Waals surface area (Å²) in [4.78, 5) is 15.7. The minimum absolute atomic E-state index is 0.262. The molecule has 7 nitrogen and oxygen atoms in total. The van der Waals surface area contributed by atoms with E-state index in [4.69, 9.17) is 23.4 Å². The van der Waals surface area contributed by atoms with E-state index in [-0.39, 0.29) is 5.78 Å². The van der Waals surface area contributed by atoms with Crippen molar-refractivity contribution in [1.29, 1.82) is 0 Å². The molecule has 0 spiro atoms. The zero-order valence-electron chi connectivity index (χ0n) is 19.8. The van der Waals surface area contributed by atoms with Gasteiger partial charge in [0, 0.05) is 6.54 Å². The van der Waals surface area contributed by atoms with Gasteiger partial charge in [0.05, 0.1) is 33.0 Å². The monoisotopic (exact) mass is 453 g/mol. The molecule has 0 bridgehead atoms. The van der Waals surface area contributed by atoms with Crippen molar-refractivity contribution in [3.63, 3.8) is 0 Å². The highest BCUT2D eigenvalue weighted by Crippen LogP contribution is 2.46. The normalized spacial score (nSPS) is 11.3. The van der Waals surface area contributed by atoms with Gasteiger partial charge in [-0.3, -0.25) is 4.79 Å². The van der Waals surface area contributed by atoms with E-state index >= 15 is 0 Å². The lowest BCUT2D eigenvalue weighted by Gasteiger charge is -2.21. The molecule has 3 rings (SSSR count). The maximum Gasteiger partial charge on any atom is 0.205 e. The van der Waals surface area contributed by atoms with Gasteiger partial charge >= 0.3 is 0 Å². The average Bonchev–Trinajstić information content (AvgIpc) is 3.34. The Hall–Kier alpha value is -3.45. The van der Waals surface area contributed by atoms with E-state index in [1.54, 1.807) is 19.3 Å². The second-order valence-corrected chi connectivity index (χ2v) is 7.28. The third kappa shape index (κ3) is 5.31. The van der Waals surface area contributed by atoms with Crippen LogP contribution in [0.25, 0.3) is 17.0 Å². The number of allylic oxidation sites excluding steroid dienone is 1. The first kappa shape index (κ1) is 24.2. The molecule has 0 amide bonds. The molecular weight excluding hydrogens is 422 g/mol. The number of rotatable bonds is 12. The summed E-state index contributed by atoms with van der Waals surface area (Å²) in [6.45, 7) is 7.11. The maximum atomic E-state index is 13.4. The zero-order chi connectivity index (χ0) is 23.8. The number of ether oxygens (including phenoxy) is 4. The maximum absolute atomic E-state index is 13.4. The van der Waals surface area contributed by atoms with Crippen molar-refractivity contribution in [3.05, 3.63) is 53.8 Å². The summed E-state index contributed by atoms with van der Waals surface area (Å²) in [6, 6.07) is 9.18. The van der Waals surface area contributed by atoms with E-state index in [1.807, 2.05) is 24.3 Å².